The number of halogens is 1. The molecular formula is C14H20FN3O. The van der Waals surface area contributed by atoms with Gasteiger partial charge in [0.2, 0.25) is 5.91 Å². The van der Waals surface area contributed by atoms with E-state index in [1.165, 1.54) is 6.07 Å². The molecule has 4 N–H and O–H groups in total. The van der Waals surface area contributed by atoms with Gasteiger partial charge in [-0.1, -0.05) is 0 Å². The van der Waals surface area contributed by atoms with Gasteiger partial charge in [-0.05, 0) is 49.9 Å². The van der Waals surface area contributed by atoms with Crippen LogP contribution in [-0.2, 0) is 0 Å². The van der Waals surface area contributed by atoms with Gasteiger partial charge in [0.25, 0.3) is 0 Å². The van der Waals surface area contributed by atoms with Crippen LogP contribution in [0.25, 0.3) is 0 Å². The van der Waals surface area contributed by atoms with Gasteiger partial charge in [-0.25, -0.2) is 4.39 Å². The van der Waals surface area contributed by atoms with Crippen LogP contribution in [0, 0.1) is 11.7 Å². The maximum atomic E-state index is 14.0. The van der Waals surface area contributed by atoms with Crippen molar-refractivity contribution < 1.29 is 9.18 Å². The summed E-state index contributed by atoms with van der Waals surface area (Å²) in [6, 6.07) is 4.43. The van der Waals surface area contributed by atoms with Crippen molar-refractivity contribution in [3.05, 3.63) is 29.6 Å². The van der Waals surface area contributed by atoms with E-state index in [-0.39, 0.29) is 11.4 Å². The Kier molecular flexibility index (Phi) is 4.37. The number of nitrogens with two attached hydrogens (primary N) is 2. The molecule has 1 heterocycles. The van der Waals surface area contributed by atoms with Gasteiger partial charge in [-0.2, -0.15) is 0 Å². The number of nitrogens with zero attached hydrogens (tertiary/aromatic N) is 1. The van der Waals surface area contributed by atoms with Crippen molar-refractivity contribution in [2.75, 3.05) is 24.5 Å². The molecule has 1 fully saturated rings. The lowest BCUT2D eigenvalue weighted by Gasteiger charge is -2.34. The average Bonchev–Trinajstić information content (AvgIpc) is 2.39. The van der Waals surface area contributed by atoms with Crippen LogP contribution < -0.4 is 16.4 Å². The van der Waals surface area contributed by atoms with E-state index in [1.807, 2.05) is 4.90 Å². The first-order valence-corrected chi connectivity index (χ1v) is 6.66. The highest BCUT2D eigenvalue weighted by Gasteiger charge is 2.21. The minimum atomic E-state index is -0.606. The van der Waals surface area contributed by atoms with E-state index in [9.17, 15) is 9.18 Å². The van der Waals surface area contributed by atoms with E-state index in [0.29, 0.717) is 18.2 Å². The van der Waals surface area contributed by atoms with E-state index in [1.54, 1.807) is 12.1 Å². The molecule has 2 rings (SSSR count). The molecule has 1 aliphatic rings. The van der Waals surface area contributed by atoms with Crippen molar-refractivity contribution in [1.29, 1.82) is 0 Å². The minimum absolute atomic E-state index is 0.205. The Labute approximate surface area is 112 Å². The fourth-order valence-corrected chi connectivity index (χ4v) is 2.67. The Balaban J connectivity index is 2.15. The first-order valence-electron chi connectivity index (χ1n) is 6.66. The quantitative estimate of drug-likeness (QED) is 0.866. The third-order valence-electron chi connectivity index (χ3n) is 3.67. The van der Waals surface area contributed by atoms with E-state index < -0.39 is 5.91 Å². The zero-order valence-electron chi connectivity index (χ0n) is 10.9. The van der Waals surface area contributed by atoms with Crippen molar-refractivity contribution in [3.8, 4) is 0 Å². The molecule has 0 spiro atoms. The predicted octanol–water partition coefficient (Wildman–Crippen LogP) is 1.49. The van der Waals surface area contributed by atoms with E-state index in [0.717, 1.165) is 32.4 Å². The lowest BCUT2D eigenvalue weighted by molar-refractivity contribution is 0.1000. The molecule has 0 saturated carbocycles. The highest BCUT2D eigenvalue weighted by Crippen LogP contribution is 2.27. The molecule has 1 amide bonds. The van der Waals surface area contributed by atoms with Gasteiger partial charge in [0.15, 0.2) is 0 Å². The SMILES string of the molecule is NCCC1CCCN(c2ccc(C(N)=O)cc2F)C1. The summed E-state index contributed by atoms with van der Waals surface area (Å²) in [4.78, 5) is 13.0. The van der Waals surface area contributed by atoms with Gasteiger partial charge in [-0.3, -0.25) is 4.79 Å². The van der Waals surface area contributed by atoms with Crippen molar-refractivity contribution >= 4 is 11.6 Å². The van der Waals surface area contributed by atoms with E-state index in [2.05, 4.69) is 0 Å². The zero-order valence-corrected chi connectivity index (χ0v) is 10.9. The largest absolute Gasteiger partial charge is 0.369 e. The number of primary amides is 1. The third-order valence-corrected chi connectivity index (χ3v) is 3.67. The normalized spacial score (nSPS) is 19.5. The van der Waals surface area contributed by atoms with Crippen LogP contribution in [0.4, 0.5) is 10.1 Å². The van der Waals surface area contributed by atoms with Gasteiger partial charge in [0, 0.05) is 18.7 Å². The second-order valence-corrected chi connectivity index (χ2v) is 5.06. The maximum absolute atomic E-state index is 14.0. The third kappa shape index (κ3) is 3.23. The fourth-order valence-electron chi connectivity index (χ4n) is 2.67. The smallest absolute Gasteiger partial charge is 0.248 e. The molecule has 1 aliphatic heterocycles. The number of carbonyl (C=O) groups excluding carboxylic acids is 1. The van der Waals surface area contributed by atoms with Crippen LogP contribution in [0.3, 0.4) is 0 Å². The first kappa shape index (κ1) is 13.8. The predicted molar refractivity (Wildman–Crippen MR) is 73.5 cm³/mol. The molecule has 1 aromatic rings. The number of hydrogen-bond acceptors (Lipinski definition) is 3. The molecule has 0 aromatic heterocycles. The summed E-state index contributed by atoms with van der Waals surface area (Å²) in [7, 11) is 0. The summed E-state index contributed by atoms with van der Waals surface area (Å²) in [5, 5.41) is 0. The monoisotopic (exact) mass is 265 g/mol. The number of rotatable bonds is 4. The number of benzene rings is 1. The molecule has 0 bridgehead atoms. The van der Waals surface area contributed by atoms with Gasteiger partial charge in [-0.15, -0.1) is 0 Å². The van der Waals surface area contributed by atoms with Crippen molar-refractivity contribution in [3.63, 3.8) is 0 Å². The van der Waals surface area contributed by atoms with Gasteiger partial charge < -0.3 is 16.4 Å². The second-order valence-electron chi connectivity index (χ2n) is 5.06. The van der Waals surface area contributed by atoms with Crippen molar-refractivity contribution in [1.82, 2.24) is 0 Å². The summed E-state index contributed by atoms with van der Waals surface area (Å²) >= 11 is 0. The van der Waals surface area contributed by atoms with E-state index >= 15 is 0 Å². The van der Waals surface area contributed by atoms with E-state index in [4.69, 9.17) is 11.5 Å². The lowest BCUT2D eigenvalue weighted by Crippen LogP contribution is -2.36. The Morgan fingerprint density at radius 1 is 1.47 bits per heavy atom. The number of anilines is 1. The van der Waals surface area contributed by atoms with Crippen LogP contribution in [0.15, 0.2) is 18.2 Å². The van der Waals surface area contributed by atoms with Crippen molar-refractivity contribution in [2.24, 2.45) is 17.4 Å². The van der Waals surface area contributed by atoms with Crippen LogP contribution >= 0.6 is 0 Å². The molecule has 19 heavy (non-hydrogen) atoms. The zero-order chi connectivity index (χ0) is 13.8. The summed E-state index contributed by atoms with van der Waals surface area (Å²) < 4.78 is 14.0. The topological polar surface area (TPSA) is 72.3 Å². The molecule has 0 aliphatic carbocycles. The van der Waals surface area contributed by atoms with Crippen LogP contribution in [0.5, 0.6) is 0 Å². The maximum Gasteiger partial charge on any atom is 0.248 e. The number of hydrogen-bond donors (Lipinski definition) is 2. The Hall–Kier alpha value is -1.62. The molecule has 1 atom stereocenters. The number of amides is 1. The highest BCUT2D eigenvalue weighted by molar-refractivity contribution is 5.93. The summed E-state index contributed by atoms with van der Waals surface area (Å²) in [5.74, 6) is -0.469. The van der Waals surface area contributed by atoms with Crippen LogP contribution in [-0.4, -0.2) is 25.5 Å². The summed E-state index contributed by atoms with van der Waals surface area (Å²) in [5.41, 5.74) is 11.5. The molecule has 0 radical (unpaired) electrons. The van der Waals surface area contributed by atoms with Crippen LogP contribution in [0.2, 0.25) is 0 Å². The Bertz CT molecular complexity index is 462. The molecule has 1 aromatic carbocycles. The van der Waals surface area contributed by atoms with Gasteiger partial charge in [0.05, 0.1) is 5.69 Å². The summed E-state index contributed by atoms with van der Waals surface area (Å²) in [6.07, 6.45) is 3.16. The molecular weight excluding hydrogens is 245 g/mol. The number of piperidine rings is 1. The molecule has 4 nitrogen and oxygen atoms in total. The fraction of sp³-hybridized carbons (Fsp3) is 0.500. The first-order chi connectivity index (χ1) is 9.11. The molecule has 1 unspecified atom stereocenters. The highest BCUT2D eigenvalue weighted by atomic mass is 19.1. The molecule has 104 valence electrons. The number of carbonyl (C=O) groups is 1. The standard InChI is InChI=1S/C14H20FN3O/c15-12-8-11(14(17)19)3-4-13(12)18-7-1-2-10(9-18)5-6-16/h3-4,8,10H,1-2,5-7,9,16H2,(H2,17,19). The van der Waals surface area contributed by atoms with Gasteiger partial charge in [0.1, 0.15) is 5.82 Å². The average molecular weight is 265 g/mol. The molecule has 1 saturated heterocycles. The lowest BCUT2D eigenvalue weighted by atomic mass is 9.94. The molecule has 5 heteroatoms. The minimum Gasteiger partial charge on any atom is -0.369 e. The van der Waals surface area contributed by atoms with Crippen LogP contribution in [0.1, 0.15) is 29.6 Å². The Morgan fingerprint density at radius 2 is 2.26 bits per heavy atom. The van der Waals surface area contributed by atoms with Crippen molar-refractivity contribution in [2.45, 2.75) is 19.3 Å². The van der Waals surface area contributed by atoms with Gasteiger partial charge >= 0.3 is 0 Å². The Morgan fingerprint density at radius 3 is 2.89 bits per heavy atom. The summed E-state index contributed by atoms with van der Waals surface area (Å²) in [6.45, 7) is 2.33. The second kappa shape index (κ2) is 6.02.